The van der Waals surface area contributed by atoms with Crippen molar-refractivity contribution >= 4 is 16.9 Å². The summed E-state index contributed by atoms with van der Waals surface area (Å²) in [5.74, 6) is -0.884. The molecule has 3 N–H and O–H groups in total. The van der Waals surface area contributed by atoms with E-state index in [-0.39, 0.29) is 18.1 Å². The molecule has 0 unspecified atom stereocenters. The van der Waals surface area contributed by atoms with Gasteiger partial charge in [0.1, 0.15) is 6.61 Å². The van der Waals surface area contributed by atoms with Gasteiger partial charge in [-0.05, 0) is 17.3 Å². The molecule has 0 amide bonds. The molecule has 0 aliphatic rings. The smallest absolute Gasteiger partial charge is 0.336 e. The minimum absolute atomic E-state index is 0.103. The molecular weight excluding hydrogens is 212 g/mol. The van der Waals surface area contributed by atoms with Gasteiger partial charge < -0.3 is 20.1 Å². The highest BCUT2D eigenvalue weighted by atomic mass is 16.5. The van der Waals surface area contributed by atoms with Crippen LogP contribution in [0.25, 0.3) is 11.0 Å². The maximum absolute atomic E-state index is 11.0. The molecule has 0 bridgehead atoms. The van der Waals surface area contributed by atoms with Gasteiger partial charge in [0.15, 0.2) is 5.58 Å². The highest BCUT2D eigenvalue weighted by Gasteiger charge is 2.17. The fraction of sp³-hybridized carbons (Fsp3) is 0.200. The summed E-state index contributed by atoms with van der Waals surface area (Å²) < 4.78 is 10.2. The Hall–Kier alpha value is -2.08. The van der Waals surface area contributed by atoms with Crippen LogP contribution in [0.3, 0.4) is 0 Å². The Kier molecular flexibility index (Phi) is 2.74. The van der Waals surface area contributed by atoms with Crippen molar-refractivity contribution in [3.8, 4) is 5.88 Å². The first kappa shape index (κ1) is 10.4. The maximum Gasteiger partial charge on any atom is 0.336 e. The van der Waals surface area contributed by atoms with E-state index in [1.54, 1.807) is 12.1 Å². The number of aromatic nitrogens is 1. The molecule has 0 aliphatic heterocycles. The number of rotatable bonds is 4. The number of carbonyl (C=O) groups is 1. The van der Waals surface area contributed by atoms with Crippen molar-refractivity contribution in [1.82, 2.24) is 5.16 Å². The van der Waals surface area contributed by atoms with E-state index in [1.165, 1.54) is 6.07 Å². The summed E-state index contributed by atoms with van der Waals surface area (Å²) in [4.78, 5) is 11.0. The molecule has 2 rings (SSSR count). The second-order valence-electron chi connectivity index (χ2n) is 3.11. The molecule has 6 heteroatoms. The van der Waals surface area contributed by atoms with Gasteiger partial charge in [0.25, 0.3) is 5.88 Å². The third-order valence-corrected chi connectivity index (χ3v) is 2.05. The van der Waals surface area contributed by atoms with Gasteiger partial charge in [-0.1, -0.05) is 6.07 Å². The largest absolute Gasteiger partial charge is 0.478 e. The Morgan fingerprint density at radius 2 is 2.38 bits per heavy atom. The molecule has 0 aliphatic carbocycles. The summed E-state index contributed by atoms with van der Waals surface area (Å²) in [7, 11) is 0. The summed E-state index contributed by atoms with van der Waals surface area (Å²) in [5.41, 5.74) is 5.77. The Morgan fingerprint density at radius 1 is 1.56 bits per heavy atom. The number of ether oxygens (including phenoxy) is 1. The fourth-order valence-electron chi connectivity index (χ4n) is 1.40. The number of fused-ring (bicyclic) bond motifs is 1. The van der Waals surface area contributed by atoms with Gasteiger partial charge in [0, 0.05) is 6.54 Å². The summed E-state index contributed by atoms with van der Waals surface area (Å²) in [6.45, 7) is 0.583. The number of nitrogens with two attached hydrogens (primary N) is 1. The van der Waals surface area contributed by atoms with Crippen LogP contribution in [-0.2, 0) is 0 Å². The molecule has 1 heterocycles. The maximum atomic E-state index is 11.0. The molecule has 2 aromatic rings. The van der Waals surface area contributed by atoms with E-state index in [0.29, 0.717) is 17.5 Å². The third kappa shape index (κ3) is 1.70. The van der Waals surface area contributed by atoms with Gasteiger partial charge in [-0.2, -0.15) is 0 Å². The average molecular weight is 222 g/mol. The molecule has 1 aromatic carbocycles. The minimum atomic E-state index is -1.05. The molecular formula is C10H10N2O4. The van der Waals surface area contributed by atoms with Crippen molar-refractivity contribution < 1.29 is 19.2 Å². The lowest BCUT2D eigenvalue weighted by molar-refractivity contribution is 0.0698. The zero-order valence-corrected chi connectivity index (χ0v) is 8.34. The van der Waals surface area contributed by atoms with Gasteiger partial charge in [-0.3, -0.25) is 0 Å². The van der Waals surface area contributed by atoms with Gasteiger partial charge in [-0.15, -0.1) is 0 Å². The lowest BCUT2D eigenvalue weighted by atomic mass is 10.1. The number of hydrogen-bond donors (Lipinski definition) is 2. The van der Waals surface area contributed by atoms with Crippen LogP contribution in [-0.4, -0.2) is 29.4 Å². The van der Waals surface area contributed by atoms with E-state index < -0.39 is 5.97 Å². The van der Waals surface area contributed by atoms with Crippen molar-refractivity contribution in [2.75, 3.05) is 13.2 Å². The van der Waals surface area contributed by atoms with Crippen molar-refractivity contribution in [1.29, 1.82) is 0 Å². The molecule has 1 aromatic heterocycles. The fourth-order valence-corrected chi connectivity index (χ4v) is 1.40. The third-order valence-electron chi connectivity index (χ3n) is 2.05. The first-order valence-electron chi connectivity index (χ1n) is 4.68. The quantitative estimate of drug-likeness (QED) is 0.796. The summed E-state index contributed by atoms with van der Waals surface area (Å²) >= 11 is 0. The SMILES string of the molecule is NCCOc1noc2cccc(C(=O)O)c12. The van der Waals surface area contributed by atoms with Gasteiger partial charge in [0.2, 0.25) is 0 Å². The molecule has 0 fully saturated rings. The number of benzene rings is 1. The van der Waals surface area contributed by atoms with E-state index >= 15 is 0 Å². The zero-order chi connectivity index (χ0) is 11.5. The highest BCUT2D eigenvalue weighted by Crippen LogP contribution is 2.28. The zero-order valence-electron chi connectivity index (χ0n) is 8.34. The van der Waals surface area contributed by atoms with Crippen molar-refractivity contribution in [2.45, 2.75) is 0 Å². The second-order valence-corrected chi connectivity index (χ2v) is 3.11. The first-order valence-corrected chi connectivity index (χ1v) is 4.68. The normalized spacial score (nSPS) is 10.6. The van der Waals surface area contributed by atoms with E-state index in [4.69, 9.17) is 20.1 Å². The number of carboxylic acid groups (broad SMARTS) is 1. The van der Waals surface area contributed by atoms with Crippen molar-refractivity contribution in [3.63, 3.8) is 0 Å². The van der Waals surface area contributed by atoms with Gasteiger partial charge in [-0.25, -0.2) is 4.79 Å². The number of nitrogens with zero attached hydrogens (tertiary/aromatic N) is 1. The monoisotopic (exact) mass is 222 g/mol. The van der Waals surface area contributed by atoms with E-state index in [9.17, 15) is 4.79 Å². The van der Waals surface area contributed by atoms with E-state index in [1.807, 2.05) is 0 Å². The molecule has 6 nitrogen and oxygen atoms in total. The average Bonchev–Trinajstić information content (AvgIpc) is 2.69. The summed E-state index contributed by atoms with van der Waals surface area (Å²) in [6.07, 6.45) is 0. The second kappa shape index (κ2) is 4.19. The van der Waals surface area contributed by atoms with Crippen LogP contribution in [0, 0.1) is 0 Å². The molecule has 0 saturated carbocycles. The highest BCUT2D eigenvalue weighted by molar-refractivity contribution is 6.04. The molecule has 0 radical (unpaired) electrons. The Labute approximate surface area is 90.6 Å². The number of aromatic carboxylic acids is 1. The van der Waals surface area contributed by atoms with Crippen LogP contribution in [0.1, 0.15) is 10.4 Å². The van der Waals surface area contributed by atoms with Crippen LogP contribution in [0.2, 0.25) is 0 Å². The molecule has 0 atom stereocenters. The molecule has 84 valence electrons. The first-order chi connectivity index (χ1) is 7.74. The van der Waals surface area contributed by atoms with Crippen molar-refractivity contribution in [2.24, 2.45) is 5.73 Å². The Balaban J connectivity index is 2.54. The predicted octanol–water partition coefficient (Wildman–Crippen LogP) is 0.863. The lowest BCUT2D eigenvalue weighted by Crippen LogP contribution is -2.11. The lowest BCUT2D eigenvalue weighted by Gasteiger charge is -2.00. The Bertz CT molecular complexity index is 521. The van der Waals surface area contributed by atoms with Crippen LogP contribution < -0.4 is 10.5 Å². The minimum Gasteiger partial charge on any atom is -0.478 e. The van der Waals surface area contributed by atoms with E-state index in [2.05, 4.69) is 5.16 Å². The van der Waals surface area contributed by atoms with Gasteiger partial charge >= 0.3 is 5.97 Å². The standard InChI is InChI=1S/C10H10N2O4/c11-4-5-15-9-8-6(10(13)14)2-1-3-7(8)16-12-9/h1-3H,4-5,11H2,(H,13,14). The topological polar surface area (TPSA) is 98.6 Å². The van der Waals surface area contributed by atoms with Crippen molar-refractivity contribution in [3.05, 3.63) is 23.8 Å². The molecule has 0 spiro atoms. The van der Waals surface area contributed by atoms with Crippen LogP contribution in [0.5, 0.6) is 5.88 Å². The van der Waals surface area contributed by atoms with Gasteiger partial charge in [0.05, 0.1) is 10.9 Å². The number of carboxylic acids is 1. The van der Waals surface area contributed by atoms with Crippen LogP contribution in [0.15, 0.2) is 22.7 Å². The van der Waals surface area contributed by atoms with E-state index in [0.717, 1.165) is 0 Å². The van der Waals surface area contributed by atoms with Crippen LogP contribution >= 0.6 is 0 Å². The van der Waals surface area contributed by atoms with Crippen LogP contribution in [0.4, 0.5) is 0 Å². The Morgan fingerprint density at radius 3 is 3.06 bits per heavy atom. The predicted molar refractivity (Wildman–Crippen MR) is 55.5 cm³/mol. The summed E-state index contributed by atoms with van der Waals surface area (Å²) in [6, 6.07) is 4.69. The molecule has 16 heavy (non-hydrogen) atoms. The molecule has 0 saturated heterocycles. The number of hydrogen-bond acceptors (Lipinski definition) is 5. The summed E-state index contributed by atoms with van der Waals surface area (Å²) in [5, 5.41) is 13.0.